The quantitative estimate of drug-likeness (QED) is 0.859. The Labute approximate surface area is 152 Å². The van der Waals surface area contributed by atoms with Gasteiger partial charge in [-0.1, -0.05) is 36.8 Å². The molecule has 1 atom stereocenters. The minimum Gasteiger partial charge on any atom is -0.326 e. The Morgan fingerprint density at radius 3 is 2.48 bits per heavy atom. The second-order valence-electron chi connectivity index (χ2n) is 6.18. The molecule has 4 nitrogen and oxygen atoms in total. The van der Waals surface area contributed by atoms with Crippen molar-refractivity contribution < 1.29 is 9.59 Å². The van der Waals surface area contributed by atoms with E-state index in [-0.39, 0.29) is 17.2 Å². The highest BCUT2D eigenvalue weighted by Gasteiger charge is 2.33. The Morgan fingerprint density at radius 1 is 1.16 bits per heavy atom. The summed E-state index contributed by atoms with van der Waals surface area (Å²) < 4.78 is 0. The lowest BCUT2D eigenvalue weighted by molar-refractivity contribution is -0.116. The summed E-state index contributed by atoms with van der Waals surface area (Å²) in [6, 6.07) is 15.8. The second-order valence-corrected chi connectivity index (χ2v) is 7.25. The van der Waals surface area contributed by atoms with Gasteiger partial charge < -0.3 is 5.32 Å². The molecule has 1 fully saturated rings. The van der Waals surface area contributed by atoms with E-state index in [0.29, 0.717) is 12.2 Å². The third kappa shape index (κ3) is 4.04. The van der Waals surface area contributed by atoms with Crippen LogP contribution in [-0.2, 0) is 9.59 Å². The first-order valence-electron chi connectivity index (χ1n) is 8.48. The zero-order valence-corrected chi connectivity index (χ0v) is 15.3. The van der Waals surface area contributed by atoms with Crippen LogP contribution in [0.3, 0.4) is 0 Å². The number of carbonyl (C=O) groups is 2. The van der Waals surface area contributed by atoms with E-state index in [1.165, 1.54) is 5.56 Å². The molecule has 0 spiro atoms. The number of rotatable bonds is 5. The van der Waals surface area contributed by atoms with Gasteiger partial charge in [0.1, 0.15) is 5.37 Å². The Hall–Kier alpha value is -2.27. The summed E-state index contributed by atoms with van der Waals surface area (Å²) in [7, 11) is 0. The standard InChI is InChI=1S/C20H22N2O2S/c1-3-4-18(23)21-16-9-7-15(8-10-16)20-22(19(24)13-25-20)17-11-5-14(2)6-12-17/h5-12,20H,3-4,13H2,1-2H3,(H,21,23)/t20-/m0/s1. The van der Waals surface area contributed by atoms with E-state index in [2.05, 4.69) is 5.32 Å². The molecule has 1 saturated heterocycles. The molecule has 1 N–H and O–H groups in total. The number of hydrogen-bond donors (Lipinski definition) is 1. The van der Waals surface area contributed by atoms with Crippen molar-refractivity contribution in [3.8, 4) is 0 Å². The summed E-state index contributed by atoms with van der Waals surface area (Å²) in [5, 5.41) is 2.86. The van der Waals surface area contributed by atoms with E-state index in [4.69, 9.17) is 0 Å². The Morgan fingerprint density at radius 2 is 1.84 bits per heavy atom. The van der Waals surface area contributed by atoms with Gasteiger partial charge in [0.05, 0.1) is 5.75 Å². The molecule has 1 aliphatic rings. The van der Waals surface area contributed by atoms with Crippen molar-refractivity contribution in [2.24, 2.45) is 0 Å². The Balaban J connectivity index is 1.79. The lowest BCUT2D eigenvalue weighted by Crippen LogP contribution is -2.27. The van der Waals surface area contributed by atoms with Crippen LogP contribution in [0.4, 0.5) is 11.4 Å². The zero-order chi connectivity index (χ0) is 17.8. The molecule has 0 saturated carbocycles. The van der Waals surface area contributed by atoms with Gasteiger partial charge >= 0.3 is 0 Å². The number of carbonyl (C=O) groups excluding carboxylic acids is 2. The third-order valence-electron chi connectivity index (χ3n) is 4.14. The largest absolute Gasteiger partial charge is 0.326 e. The molecule has 2 aromatic carbocycles. The van der Waals surface area contributed by atoms with Crippen LogP contribution in [0.2, 0.25) is 0 Å². The predicted octanol–water partition coefficient (Wildman–Crippen LogP) is 4.51. The molecule has 3 rings (SSSR count). The Kier molecular flexibility index (Phi) is 5.43. The minimum absolute atomic E-state index is 0.0296. The van der Waals surface area contributed by atoms with Crippen LogP contribution >= 0.6 is 11.8 Å². The monoisotopic (exact) mass is 354 g/mol. The fraction of sp³-hybridized carbons (Fsp3) is 0.300. The van der Waals surface area contributed by atoms with Crippen molar-refractivity contribution in [1.82, 2.24) is 0 Å². The summed E-state index contributed by atoms with van der Waals surface area (Å²) in [4.78, 5) is 25.9. The number of aryl methyl sites for hydroxylation is 1. The van der Waals surface area contributed by atoms with Gasteiger partial charge in [0.2, 0.25) is 11.8 Å². The molecule has 0 radical (unpaired) electrons. The molecule has 0 aromatic heterocycles. The number of thioether (sulfide) groups is 1. The van der Waals surface area contributed by atoms with Crippen LogP contribution in [0.25, 0.3) is 0 Å². The number of hydrogen-bond acceptors (Lipinski definition) is 3. The normalized spacial score (nSPS) is 17.0. The highest BCUT2D eigenvalue weighted by molar-refractivity contribution is 8.00. The predicted molar refractivity (Wildman–Crippen MR) is 104 cm³/mol. The van der Waals surface area contributed by atoms with Gasteiger partial charge in [-0.3, -0.25) is 14.5 Å². The molecule has 130 valence electrons. The Bertz CT molecular complexity index is 756. The third-order valence-corrected chi connectivity index (χ3v) is 5.35. The molecule has 0 bridgehead atoms. The number of nitrogens with one attached hydrogen (secondary N) is 1. The molecule has 2 aromatic rings. The van der Waals surface area contributed by atoms with Crippen LogP contribution in [0, 0.1) is 6.92 Å². The van der Waals surface area contributed by atoms with Gasteiger partial charge in [-0.2, -0.15) is 0 Å². The van der Waals surface area contributed by atoms with Crippen LogP contribution in [0.15, 0.2) is 48.5 Å². The van der Waals surface area contributed by atoms with Crippen LogP contribution in [0.1, 0.15) is 36.3 Å². The van der Waals surface area contributed by atoms with Crippen LogP contribution in [-0.4, -0.2) is 17.6 Å². The molecular weight excluding hydrogens is 332 g/mol. The van der Waals surface area contributed by atoms with E-state index < -0.39 is 0 Å². The minimum atomic E-state index is -0.0319. The van der Waals surface area contributed by atoms with E-state index in [0.717, 1.165) is 23.4 Å². The lowest BCUT2D eigenvalue weighted by Gasteiger charge is -2.24. The van der Waals surface area contributed by atoms with Crippen molar-refractivity contribution >= 4 is 35.0 Å². The van der Waals surface area contributed by atoms with Crippen molar-refractivity contribution in [2.75, 3.05) is 16.0 Å². The fourth-order valence-corrected chi connectivity index (χ4v) is 4.01. The SMILES string of the molecule is CCCC(=O)Nc1ccc([C@@H]2SCC(=O)N2c2ccc(C)cc2)cc1. The van der Waals surface area contributed by atoms with Crippen molar-refractivity contribution in [3.63, 3.8) is 0 Å². The highest BCUT2D eigenvalue weighted by Crippen LogP contribution is 2.41. The van der Waals surface area contributed by atoms with Crippen molar-refractivity contribution in [2.45, 2.75) is 32.1 Å². The molecule has 0 aliphatic carbocycles. The number of benzene rings is 2. The molecule has 0 unspecified atom stereocenters. The summed E-state index contributed by atoms with van der Waals surface area (Å²) in [6.07, 6.45) is 1.35. The van der Waals surface area contributed by atoms with Gasteiger partial charge in [-0.25, -0.2) is 0 Å². The van der Waals surface area contributed by atoms with E-state index in [9.17, 15) is 9.59 Å². The van der Waals surface area contributed by atoms with Gasteiger partial charge in [0.25, 0.3) is 0 Å². The van der Waals surface area contributed by atoms with Gasteiger partial charge in [0.15, 0.2) is 0 Å². The van der Waals surface area contributed by atoms with E-state index in [1.54, 1.807) is 11.8 Å². The maximum Gasteiger partial charge on any atom is 0.238 e. The molecule has 2 amide bonds. The van der Waals surface area contributed by atoms with E-state index in [1.807, 2.05) is 67.3 Å². The summed E-state index contributed by atoms with van der Waals surface area (Å²) >= 11 is 1.63. The summed E-state index contributed by atoms with van der Waals surface area (Å²) in [5.74, 6) is 0.634. The summed E-state index contributed by atoms with van der Waals surface area (Å²) in [5.41, 5.74) is 3.95. The van der Waals surface area contributed by atoms with Gasteiger partial charge in [-0.15, -0.1) is 11.8 Å². The summed E-state index contributed by atoms with van der Waals surface area (Å²) in [6.45, 7) is 4.02. The maximum atomic E-state index is 12.4. The second kappa shape index (κ2) is 7.74. The number of amides is 2. The lowest BCUT2D eigenvalue weighted by atomic mass is 10.1. The first kappa shape index (κ1) is 17.5. The molecule has 1 aliphatic heterocycles. The molecular formula is C20H22N2O2S. The maximum absolute atomic E-state index is 12.4. The molecule has 5 heteroatoms. The fourth-order valence-electron chi connectivity index (χ4n) is 2.84. The van der Waals surface area contributed by atoms with Crippen LogP contribution < -0.4 is 10.2 Å². The number of anilines is 2. The average Bonchev–Trinajstić information content (AvgIpc) is 2.98. The van der Waals surface area contributed by atoms with Crippen LogP contribution in [0.5, 0.6) is 0 Å². The highest BCUT2D eigenvalue weighted by atomic mass is 32.2. The van der Waals surface area contributed by atoms with E-state index >= 15 is 0 Å². The smallest absolute Gasteiger partial charge is 0.238 e. The topological polar surface area (TPSA) is 49.4 Å². The van der Waals surface area contributed by atoms with Crippen molar-refractivity contribution in [1.29, 1.82) is 0 Å². The first-order chi connectivity index (χ1) is 12.1. The van der Waals surface area contributed by atoms with Crippen molar-refractivity contribution in [3.05, 3.63) is 59.7 Å². The number of nitrogens with zero attached hydrogens (tertiary/aromatic N) is 1. The first-order valence-corrected chi connectivity index (χ1v) is 9.53. The molecule has 25 heavy (non-hydrogen) atoms. The average molecular weight is 354 g/mol. The zero-order valence-electron chi connectivity index (χ0n) is 14.5. The molecule has 1 heterocycles. The van der Waals surface area contributed by atoms with Gasteiger partial charge in [0, 0.05) is 17.8 Å². The van der Waals surface area contributed by atoms with Gasteiger partial charge in [-0.05, 0) is 43.2 Å².